The highest BCUT2D eigenvalue weighted by Crippen LogP contribution is 2.08. The standard InChI is InChI=1S/C8H13N3O2/c1-5-4-13-7(10-5)11-6(12)8(2,3)9/h4H,9H2,1-3H3,(H,10,11,12). The molecule has 13 heavy (non-hydrogen) atoms. The zero-order chi connectivity index (χ0) is 10.1. The number of nitrogens with two attached hydrogens (primary N) is 1. The second kappa shape index (κ2) is 3.18. The van der Waals surface area contributed by atoms with Gasteiger partial charge in [-0.2, -0.15) is 4.98 Å². The lowest BCUT2D eigenvalue weighted by Crippen LogP contribution is -2.45. The molecule has 0 aliphatic rings. The molecule has 0 atom stereocenters. The van der Waals surface area contributed by atoms with Crippen LogP contribution in [-0.2, 0) is 4.79 Å². The Hall–Kier alpha value is -1.36. The van der Waals surface area contributed by atoms with E-state index in [2.05, 4.69) is 10.3 Å². The lowest BCUT2D eigenvalue weighted by atomic mass is 10.1. The minimum Gasteiger partial charge on any atom is -0.432 e. The molecule has 1 rings (SSSR count). The topological polar surface area (TPSA) is 81.2 Å². The summed E-state index contributed by atoms with van der Waals surface area (Å²) >= 11 is 0. The van der Waals surface area contributed by atoms with Crippen LogP contribution in [0.5, 0.6) is 0 Å². The molecule has 0 saturated carbocycles. The second-order valence-electron chi connectivity index (χ2n) is 3.47. The van der Waals surface area contributed by atoms with Crippen molar-refractivity contribution in [1.82, 2.24) is 4.98 Å². The molecule has 1 amide bonds. The van der Waals surface area contributed by atoms with Crippen LogP contribution in [0, 0.1) is 6.92 Å². The van der Waals surface area contributed by atoms with Crippen molar-refractivity contribution in [3.05, 3.63) is 12.0 Å². The highest BCUT2D eigenvalue weighted by Gasteiger charge is 2.23. The molecule has 1 aromatic rings. The van der Waals surface area contributed by atoms with Crippen LogP contribution in [0.2, 0.25) is 0 Å². The van der Waals surface area contributed by atoms with Gasteiger partial charge in [0.1, 0.15) is 6.26 Å². The Morgan fingerprint density at radius 3 is 2.69 bits per heavy atom. The van der Waals surface area contributed by atoms with Crippen LogP contribution >= 0.6 is 0 Å². The first kappa shape index (κ1) is 9.73. The van der Waals surface area contributed by atoms with Crippen LogP contribution in [0.4, 0.5) is 6.01 Å². The third-order valence-electron chi connectivity index (χ3n) is 1.42. The molecule has 3 N–H and O–H groups in total. The van der Waals surface area contributed by atoms with Crippen molar-refractivity contribution in [3.63, 3.8) is 0 Å². The summed E-state index contributed by atoms with van der Waals surface area (Å²) < 4.78 is 4.93. The minimum absolute atomic E-state index is 0.182. The Morgan fingerprint density at radius 2 is 2.31 bits per heavy atom. The Morgan fingerprint density at radius 1 is 1.69 bits per heavy atom. The van der Waals surface area contributed by atoms with E-state index in [9.17, 15) is 4.79 Å². The molecule has 0 bridgehead atoms. The van der Waals surface area contributed by atoms with Gasteiger partial charge in [-0.05, 0) is 20.8 Å². The predicted molar refractivity (Wildman–Crippen MR) is 48.1 cm³/mol. The molecule has 0 aliphatic heterocycles. The van der Waals surface area contributed by atoms with Gasteiger partial charge in [-0.1, -0.05) is 0 Å². The number of hydrogen-bond donors (Lipinski definition) is 2. The van der Waals surface area contributed by atoms with E-state index in [1.165, 1.54) is 6.26 Å². The molecule has 0 radical (unpaired) electrons. The first-order chi connectivity index (χ1) is 5.89. The van der Waals surface area contributed by atoms with Gasteiger partial charge in [0.15, 0.2) is 0 Å². The van der Waals surface area contributed by atoms with Gasteiger partial charge < -0.3 is 10.2 Å². The van der Waals surface area contributed by atoms with E-state index in [1.807, 2.05) is 0 Å². The number of nitrogens with zero attached hydrogens (tertiary/aromatic N) is 1. The largest absolute Gasteiger partial charge is 0.432 e. The van der Waals surface area contributed by atoms with E-state index < -0.39 is 5.54 Å². The van der Waals surface area contributed by atoms with Crippen molar-refractivity contribution >= 4 is 11.9 Å². The highest BCUT2D eigenvalue weighted by atomic mass is 16.4. The van der Waals surface area contributed by atoms with Crippen molar-refractivity contribution in [2.24, 2.45) is 5.73 Å². The zero-order valence-electron chi connectivity index (χ0n) is 7.92. The van der Waals surface area contributed by atoms with Crippen LogP contribution < -0.4 is 11.1 Å². The van der Waals surface area contributed by atoms with Gasteiger partial charge in [0.05, 0.1) is 11.2 Å². The number of carbonyl (C=O) groups excluding carboxylic acids is 1. The van der Waals surface area contributed by atoms with Crippen LogP contribution in [0.1, 0.15) is 19.5 Å². The van der Waals surface area contributed by atoms with Crippen molar-refractivity contribution in [1.29, 1.82) is 0 Å². The lowest BCUT2D eigenvalue weighted by molar-refractivity contribution is -0.120. The summed E-state index contributed by atoms with van der Waals surface area (Å²) in [5.74, 6) is -0.325. The van der Waals surface area contributed by atoms with Gasteiger partial charge >= 0.3 is 6.01 Å². The summed E-state index contributed by atoms with van der Waals surface area (Å²) in [6.45, 7) is 4.99. The molecule has 5 nitrogen and oxygen atoms in total. The summed E-state index contributed by atoms with van der Waals surface area (Å²) in [4.78, 5) is 15.2. The molecule has 0 saturated heterocycles. The van der Waals surface area contributed by atoms with Gasteiger partial charge in [-0.3, -0.25) is 10.1 Å². The number of hydrogen-bond acceptors (Lipinski definition) is 4. The average molecular weight is 183 g/mol. The fourth-order valence-electron chi connectivity index (χ4n) is 0.670. The fourth-order valence-corrected chi connectivity index (χ4v) is 0.670. The molecule has 1 aromatic heterocycles. The molecule has 0 spiro atoms. The lowest BCUT2D eigenvalue weighted by Gasteiger charge is -2.15. The molecule has 72 valence electrons. The van der Waals surface area contributed by atoms with Crippen LogP contribution in [0.3, 0.4) is 0 Å². The fraction of sp³-hybridized carbons (Fsp3) is 0.500. The van der Waals surface area contributed by atoms with Crippen molar-refractivity contribution < 1.29 is 9.21 Å². The van der Waals surface area contributed by atoms with Crippen molar-refractivity contribution in [2.45, 2.75) is 26.3 Å². The second-order valence-corrected chi connectivity index (χ2v) is 3.47. The number of rotatable bonds is 2. The van der Waals surface area contributed by atoms with Crippen LogP contribution in [-0.4, -0.2) is 16.4 Å². The summed E-state index contributed by atoms with van der Waals surface area (Å²) in [5, 5.41) is 2.46. The monoisotopic (exact) mass is 183 g/mol. The molecule has 0 unspecified atom stereocenters. The minimum atomic E-state index is -0.928. The van der Waals surface area contributed by atoms with Crippen molar-refractivity contribution in [3.8, 4) is 0 Å². The maximum absolute atomic E-state index is 11.3. The van der Waals surface area contributed by atoms with Gasteiger partial charge in [-0.15, -0.1) is 0 Å². The average Bonchev–Trinajstić information content (AvgIpc) is 2.33. The number of aryl methyl sites for hydroxylation is 1. The molecule has 0 fully saturated rings. The SMILES string of the molecule is Cc1coc(NC(=O)C(C)(C)N)n1. The Kier molecular flexibility index (Phi) is 2.38. The van der Waals surface area contributed by atoms with Gasteiger partial charge in [0, 0.05) is 0 Å². The van der Waals surface area contributed by atoms with E-state index >= 15 is 0 Å². The van der Waals surface area contributed by atoms with Crippen LogP contribution in [0.15, 0.2) is 10.7 Å². The van der Waals surface area contributed by atoms with E-state index in [-0.39, 0.29) is 11.9 Å². The van der Waals surface area contributed by atoms with E-state index in [4.69, 9.17) is 10.2 Å². The summed E-state index contributed by atoms with van der Waals surface area (Å²) in [6.07, 6.45) is 1.46. The number of carbonyl (C=O) groups is 1. The zero-order valence-corrected chi connectivity index (χ0v) is 7.92. The van der Waals surface area contributed by atoms with Crippen LogP contribution in [0.25, 0.3) is 0 Å². The molecule has 0 aliphatic carbocycles. The van der Waals surface area contributed by atoms with E-state index in [0.29, 0.717) is 5.69 Å². The normalized spacial score (nSPS) is 11.4. The summed E-state index contributed by atoms with van der Waals surface area (Å²) in [5.41, 5.74) is 5.34. The van der Waals surface area contributed by atoms with Gasteiger partial charge in [-0.25, -0.2) is 0 Å². The molecular formula is C8H13N3O2. The maximum Gasteiger partial charge on any atom is 0.301 e. The molecule has 1 heterocycles. The van der Waals surface area contributed by atoms with Gasteiger partial charge in [0.2, 0.25) is 5.91 Å². The Labute approximate surface area is 76.3 Å². The van der Waals surface area contributed by atoms with E-state index in [1.54, 1.807) is 20.8 Å². The number of aromatic nitrogens is 1. The predicted octanol–water partition coefficient (Wildman–Crippen LogP) is 0.659. The highest BCUT2D eigenvalue weighted by molar-refractivity contribution is 5.95. The Bertz CT molecular complexity index is 311. The number of amides is 1. The van der Waals surface area contributed by atoms with Gasteiger partial charge in [0.25, 0.3) is 0 Å². The first-order valence-electron chi connectivity index (χ1n) is 3.92. The molecule has 5 heteroatoms. The maximum atomic E-state index is 11.3. The van der Waals surface area contributed by atoms with Crippen molar-refractivity contribution in [2.75, 3.05) is 5.32 Å². The van der Waals surface area contributed by atoms with E-state index in [0.717, 1.165) is 0 Å². The number of nitrogens with one attached hydrogen (secondary N) is 1. The molecule has 0 aromatic carbocycles. The third-order valence-corrected chi connectivity index (χ3v) is 1.42. The first-order valence-corrected chi connectivity index (χ1v) is 3.92. The molecular weight excluding hydrogens is 170 g/mol. The summed E-state index contributed by atoms with van der Waals surface area (Å²) in [7, 11) is 0. The third kappa shape index (κ3) is 2.55. The summed E-state index contributed by atoms with van der Waals surface area (Å²) in [6, 6.07) is 0.182. The number of anilines is 1. The quantitative estimate of drug-likeness (QED) is 0.705. The Balaban J connectivity index is 2.65. The number of oxazole rings is 1. The smallest absolute Gasteiger partial charge is 0.301 e.